The van der Waals surface area contributed by atoms with Crippen molar-refractivity contribution in [2.24, 2.45) is 0 Å². The van der Waals surface area contributed by atoms with Crippen LogP contribution >= 0.6 is 11.3 Å². The summed E-state index contributed by atoms with van der Waals surface area (Å²) >= 11 is 1.56. The highest BCUT2D eigenvalue weighted by atomic mass is 32.1. The van der Waals surface area contributed by atoms with E-state index in [1.165, 1.54) is 6.26 Å². The van der Waals surface area contributed by atoms with Gasteiger partial charge in [-0.25, -0.2) is 9.78 Å². The van der Waals surface area contributed by atoms with Gasteiger partial charge in [0.1, 0.15) is 0 Å². The summed E-state index contributed by atoms with van der Waals surface area (Å²) < 4.78 is 15.8. The van der Waals surface area contributed by atoms with Crippen molar-refractivity contribution in [3.05, 3.63) is 77.7 Å². The molecule has 8 heteroatoms. The molecule has 0 saturated carbocycles. The third kappa shape index (κ3) is 3.41. The first-order valence-electron chi connectivity index (χ1n) is 8.75. The Balaban J connectivity index is 1.42. The molecule has 4 heterocycles. The lowest BCUT2D eigenvalue weighted by atomic mass is 10.1. The normalized spacial score (nSPS) is 11.0. The Bertz CT molecular complexity index is 1280. The molecule has 0 saturated heterocycles. The molecular weight excluding hydrogens is 390 g/mol. The summed E-state index contributed by atoms with van der Waals surface area (Å²) in [6.07, 6.45) is 1.52. The van der Waals surface area contributed by atoms with Gasteiger partial charge in [-0.15, -0.1) is 11.3 Å². The van der Waals surface area contributed by atoms with Crippen molar-refractivity contribution in [1.82, 2.24) is 15.1 Å². The zero-order valence-corrected chi connectivity index (χ0v) is 15.8. The van der Waals surface area contributed by atoms with Crippen LogP contribution in [0.15, 0.2) is 75.2 Å². The van der Waals surface area contributed by atoms with Crippen LogP contribution in [0.4, 0.5) is 0 Å². The van der Waals surface area contributed by atoms with Gasteiger partial charge in [0.25, 0.3) is 5.89 Å². The molecule has 1 aromatic carbocycles. The smallest absolute Gasteiger partial charge is 0.339 e. The van der Waals surface area contributed by atoms with Gasteiger partial charge in [-0.1, -0.05) is 29.4 Å². The maximum Gasteiger partial charge on any atom is 0.339 e. The lowest BCUT2D eigenvalue weighted by Crippen LogP contribution is -2.07. The summed E-state index contributed by atoms with van der Waals surface area (Å²) in [6, 6.07) is 16.6. The van der Waals surface area contributed by atoms with Gasteiger partial charge in [-0.05, 0) is 35.7 Å². The molecule has 7 nitrogen and oxygen atoms in total. The van der Waals surface area contributed by atoms with Crippen LogP contribution in [-0.4, -0.2) is 21.1 Å². The van der Waals surface area contributed by atoms with Gasteiger partial charge in [0, 0.05) is 5.39 Å². The number of rotatable bonds is 5. The molecule has 0 bridgehead atoms. The van der Waals surface area contributed by atoms with Crippen molar-refractivity contribution in [3.63, 3.8) is 0 Å². The molecular formula is C21H13N3O4S. The molecule has 4 aromatic heterocycles. The summed E-state index contributed by atoms with van der Waals surface area (Å²) in [5.41, 5.74) is 1.89. The number of nitrogens with zero attached hydrogens (tertiary/aromatic N) is 3. The number of pyridine rings is 1. The van der Waals surface area contributed by atoms with Crippen molar-refractivity contribution < 1.29 is 18.5 Å². The van der Waals surface area contributed by atoms with Gasteiger partial charge in [-0.3, -0.25) is 0 Å². The number of thiophene rings is 1. The fourth-order valence-corrected chi connectivity index (χ4v) is 3.61. The van der Waals surface area contributed by atoms with E-state index in [-0.39, 0.29) is 12.5 Å². The Hall–Kier alpha value is -3.78. The van der Waals surface area contributed by atoms with E-state index in [9.17, 15) is 4.79 Å². The average Bonchev–Trinajstić information content (AvgIpc) is 3.53. The summed E-state index contributed by atoms with van der Waals surface area (Å²) in [4.78, 5) is 22.7. The van der Waals surface area contributed by atoms with Crippen LogP contribution in [0.3, 0.4) is 0 Å². The molecule has 0 fully saturated rings. The molecule has 0 spiro atoms. The van der Waals surface area contributed by atoms with E-state index >= 15 is 0 Å². The van der Waals surface area contributed by atoms with Gasteiger partial charge in [0.15, 0.2) is 12.4 Å². The van der Waals surface area contributed by atoms with E-state index in [0.29, 0.717) is 17.1 Å². The molecule has 29 heavy (non-hydrogen) atoms. The number of hydrogen-bond donors (Lipinski definition) is 0. The van der Waals surface area contributed by atoms with Crippen molar-refractivity contribution in [2.45, 2.75) is 6.61 Å². The SMILES string of the molecule is O=C(OCc1nc(-c2ccco2)no1)c1cc(-c2cccs2)nc2ccccc12. The van der Waals surface area contributed by atoms with E-state index < -0.39 is 5.97 Å². The second-order valence-corrected chi connectivity index (χ2v) is 7.06. The minimum absolute atomic E-state index is 0.141. The predicted octanol–water partition coefficient (Wildman–Crippen LogP) is 4.96. The fourth-order valence-electron chi connectivity index (χ4n) is 2.92. The topological polar surface area (TPSA) is 91.2 Å². The lowest BCUT2D eigenvalue weighted by Gasteiger charge is -2.08. The largest absolute Gasteiger partial charge is 0.461 e. The molecule has 142 valence electrons. The standard InChI is InChI=1S/C21H13N3O4S/c25-21(27-12-19-23-20(24-28-19)17-7-3-9-26-17)14-11-16(18-8-4-10-29-18)22-15-6-2-1-5-13(14)15/h1-11H,12H2. The molecule has 0 atom stereocenters. The number of fused-ring (bicyclic) bond motifs is 1. The molecule has 0 amide bonds. The summed E-state index contributed by atoms with van der Waals surface area (Å²) in [5, 5.41) is 6.52. The second-order valence-electron chi connectivity index (χ2n) is 6.11. The van der Waals surface area contributed by atoms with Crippen molar-refractivity contribution in [1.29, 1.82) is 0 Å². The minimum atomic E-state index is -0.487. The third-order valence-electron chi connectivity index (χ3n) is 4.25. The van der Waals surface area contributed by atoms with Crippen LogP contribution in [-0.2, 0) is 11.3 Å². The van der Waals surface area contributed by atoms with Crippen LogP contribution < -0.4 is 0 Å². The molecule has 0 unspecified atom stereocenters. The summed E-state index contributed by atoms with van der Waals surface area (Å²) in [5.74, 6) is 0.475. The highest BCUT2D eigenvalue weighted by Gasteiger charge is 2.18. The van der Waals surface area contributed by atoms with Crippen molar-refractivity contribution in [2.75, 3.05) is 0 Å². The Morgan fingerprint density at radius 1 is 1.07 bits per heavy atom. The fraction of sp³-hybridized carbons (Fsp3) is 0.0476. The number of benzene rings is 1. The quantitative estimate of drug-likeness (QED) is 0.383. The van der Waals surface area contributed by atoms with Gasteiger partial charge < -0.3 is 13.7 Å². The molecule has 0 N–H and O–H groups in total. The van der Waals surface area contributed by atoms with Crippen molar-refractivity contribution in [3.8, 4) is 22.2 Å². The zero-order chi connectivity index (χ0) is 19.6. The number of esters is 1. The molecule has 5 aromatic rings. The molecule has 0 aliphatic rings. The highest BCUT2D eigenvalue weighted by molar-refractivity contribution is 7.13. The van der Waals surface area contributed by atoms with Gasteiger partial charge in [0.05, 0.1) is 27.9 Å². The van der Waals surface area contributed by atoms with Crippen LogP contribution in [0.25, 0.3) is 33.1 Å². The van der Waals surface area contributed by atoms with E-state index in [1.807, 2.05) is 41.8 Å². The van der Waals surface area contributed by atoms with Gasteiger partial charge in [0.2, 0.25) is 5.82 Å². The van der Waals surface area contributed by atoms with E-state index in [0.717, 1.165) is 21.5 Å². The Labute approximate surface area is 168 Å². The number of hydrogen-bond acceptors (Lipinski definition) is 8. The molecule has 0 aliphatic heterocycles. The van der Waals surface area contributed by atoms with Crippen molar-refractivity contribution >= 4 is 28.2 Å². The molecule has 0 aliphatic carbocycles. The van der Waals surface area contributed by atoms with Gasteiger partial charge >= 0.3 is 5.97 Å². The molecule has 0 radical (unpaired) electrons. The molecule has 5 rings (SSSR count). The van der Waals surface area contributed by atoms with Crippen LogP contribution in [0.1, 0.15) is 16.2 Å². The summed E-state index contributed by atoms with van der Waals surface area (Å²) in [6.45, 7) is -0.141. The number of para-hydroxylation sites is 1. The number of carbonyl (C=O) groups excluding carboxylic acids is 1. The van der Waals surface area contributed by atoms with Crippen LogP contribution in [0, 0.1) is 0 Å². The monoisotopic (exact) mass is 403 g/mol. The maximum absolute atomic E-state index is 12.8. The first-order chi connectivity index (χ1) is 14.3. The first-order valence-corrected chi connectivity index (χ1v) is 9.63. The van der Waals surface area contributed by atoms with E-state index in [2.05, 4.69) is 15.1 Å². The zero-order valence-electron chi connectivity index (χ0n) is 14.9. The first kappa shape index (κ1) is 17.3. The van der Waals surface area contributed by atoms with Crippen LogP contribution in [0.2, 0.25) is 0 Å². The summed E-state index contributed by atoms with van der Waals surface area (Å²) in [7, 11) is 0. The Morgan fingerprint density at radius 3 is 2.83 bits per heavy atom. The highest BCUT2D eigenvalue weighted by Crippen LogP contribution is 2.28. The predicted molar refractivity (Wildman–Crippen MR) is 106 cm³/mol. The average molecular weight is 403 g/mol. The van der Waals surface area contributed by atoms with Gasteiger partial charge in [-0.2, -0.15) is 4.98 Å². The third-order valence-corrected chi connectivity index (χ3v) is 5.14. The maximum atomic E-state index is 12.8. The minimum Gasteiger partial charge on any atom is -0.461 e. The number of carbonyl (C=O) groups is 1. The Kier molecular flexibility index (Phi) is 4.38. The van der Waals surface area contributed by atoms with E-state index in [1.54, 1.807) is 29.5 Å². The van der Waals surface area contributed by atoms with E-state index in [4.69, 9.17) is 13.7 Å². The number of furan rings is 1. The number of ether oxygens (including phenoxy) is 1. The van der Waals surface area contributed by atoms with Crippen LogP contribution in [0.5, 0.6) is 0 Å². The second kappa shape index (κ2) is 7.33. The number of aromatic nitrogens is 3. The lowest BCUT2D eigenvalue weighted by molar-refractivity contribution is 0.0432. The Morgan fingerprint density at radius 2 is 2.00 bits per heavy atom.